The van der Waals surface area contributed by atoms with E-state index in [4.69, 9.17) is 0 Å². The van der Waals surface area contributed by atoms with Gasteiger partial charge in [-0.15, -0.1) is 0 Å². The van der Waals surface area contributed by atoms with Crippen molar-refractivity contribution in [2.24, 2.45) is 0 Å². The van der Waals surface area contributed by atoms with E-state index in [0.717, 1.165) is 17.2 Å². The van der Waals surface area contributed by atoms with Gasteiger partial charge in [0.1, 0.15) is 0 Å². The fraction of sp³-hybridized carbons (Fsp3) is 0.267. The van der Waals surface area contributed by atoms with Gasteiger partial charge in [0.15, 0.2) is 11.6 Å². The van der Waals surface area contributed by atoms with Gasteiger partial charge < -0.3 is 5.32 Å². The molecule has 1 unspecified atom stereocenters. The van der Waals surface area contributed by atoms with E-state index < -0.39 is 11.6 Å². The van der Waals surface area contributed by atoms with Crippen molar-refractivity contribution in [3.8, 4) is 0 Å². The molecule has 0 fully saturated rings. The lowest BCUT2D eigenvalue weighted by atomic mass is 10.1. The van der Waals surface area contributed by atoms with Crippen LogP contribution in [0.5, 0.6) is 0 Å². The molecule has 2 aromatic rings. The summed E-state index contributed by atoms with van der Waals surface area (Å²) in [6.45, 7) is 3.92. The predicted molar refractivity (Wildman–Crippen MR) is 70.6 cm³/mol. The van der Waals surface area contributed by atoms with E-state index in [1.165, 1.54) is 6.07 Å². The lowest BCUT2D eigenvalue weighted by molar-refractivity contribution is 0.479. The minimum absolute atomic E-state index is 0.0784. The Morgan fingerprint density at radius 2 is 1.74 bits per heavy atom. The molecule has 1 heterocycles. The van der Waals surface area contributed by atoms with Crippen LogP contribution in [0.1, 0.15) is 37.1 Å². The molecule has 0 saturated heterocycles. The second-order valence-corrected chi connectivity index (χ2v) is 4.57. The van der Waals surface area contributed by atoms with Gasteiger partial charge >= 0.3 is 0 Å². The zero-order valence-electron chi connectivity index (χ0n) is 10.9. The average molecular weight is 262 g/mol. The van der Waals surface area contributed by atoms with Crippen molar-refractivity contribution in [1.82, 2.24) is 10.3 Å². The van der Waals surface area contributed by atoms with Gasteiger partial charge in [-0.3, -0.25) is 4.98 Å². The van der Waals surface area contributed by atoms with Crippen LogP contribution in [0.25, 0.3) is 0 Å². The molecule has 2 atom stereocenters. The number of rotatable bonds is 4. The first-order chi connectivity index (χ1) is 9.08. The molecule has 2 rings (SSSR count). The van der Waals surface area contributed by atoms with Crippen LogP contribution in [0.4, 0.5) is 8.78 Å². The summed E-state index contributed by atoms with van der Waals surface area (Å²) < 4.78 is 26.1. The highest BCUT2D eigenvalue weighted by Gasteiger charge is 2.13. The van der Waals surface area contributed by atoms with E-state index in [1.54, 1.807) is 18.5 Å². The summed E-state index contributed by atoms with van der Waals surface area (Å²) in [5.41, 5.74) is 1.77. The summed E-state index contributed by atoms with van der Waals surface area (Å²) in [4.78, 5) is 4.06. The fourth-order valence-corrected chi connectivity index (χ4v) is 1.98. The third-order valence-electron chi connectivity index (χ3n) is 3.13. The van der Waals surface area contributed by atoms with Crippen LogP contribution < -0.4 is 5.32 Å². The smallest absolute Gasteiger partial charge is 0.159 e. The molecule has 0 bridgehead atoms. The monoisotopic (exact) mass is 262 g/mol. The first-order valence-electron chi connectivity index (χ1n) is 6.19. The molecule has 100 valence electrons. The number of nitrogens with zero attached hydrogens (tertiary/aromatic N) is 1. The van der Waals surface area contributed by atoms with E-state index in [-0.39, 0.29) is 12.1 Å². The topological polar surface area (TPSA) is 24.9 Å². The van der Waals surface area contributed by atoms with Gasteiger partial charge in [0.2, 0.25) is 0 Å². The van der Waals surface area contributed by atoms with Gasteiger partial charge in [-0.25, -0.2) is 8.78 Å². The first kappa shape index (κ1) is 13.6. The minimum Gasteiger partial charge on any atom is -0.304 e. The van der Waals surface area contributed by atoms with E-state index in [1.807, 2.05) is 26.0 Å². The number of nitrogens with one attached hydrogen (secondary N) is 1. The van der Waals surface area contributed by atoms with E-state index in [2.05, 4.69) is 10.3 Å². The van der Waals surface area contributed by atoms with Gasteiger partial charge in [-0.2, -0.15) is 0 Å². The number of aromatic nitrogens is 1. The van der Waals surface area contributed by atoms with Crippen molar-refractivity contribution in [2.75, 3.05) is 0 Å². The van der Waals surface area contributed by atoms with Crippen LogP contribution in [-0.2, 0) is 0 Å². The van der Waals surface area contributed by atoms with Gasteiger partial charge in [-0.1, -0.05) is 12.1 Å². The van der Waals surface area contributed by atoms with Gasteiger partial charge in [0.25, 0.3) is 0 Å². The van der Waals surface area contributed by atoms with E-state index in [9.17, 15) is 8.78 Å². The van der Waals surface area contributed by atoms with Gasteiger partial charge in [-0.05, 0) is 43.2 Å². The molecule has 0 aliphatic carbocycles. The molecule has 1 aromatic carbocycles. The summed E-state index contributed by atoms with van der Waals surface area (Å²) >= 11 is 0. The Labute approximate surface area is 111 Å². The Morgan fingerprint density at radius 3 is 2.37 bits per heavy atom. The van der Waals surface area contributed by atoms with Crippen molar-refractivity contribution in [2.45, 2.75) is 25.9 Å². The molecule has 4 heteroatoms. The lowest BCUT2D eigenvalue weighted by Gasteiger charge is -2.20. The Hall–Kier alpha value is -1.81. The van der Waals surface area contributed by atoms with E-state index in [0.29, 0.717) is 0 Å². The van der Waals surface area contributed by atoms with Crippen molar-refractivity contribution in [3.63, 3.8) is 0 Å². The third-order valence-corrected chi connectivity index (χ3v) is 3.13. The largest absolute Gasteiger partial charge is 0.304 e. The maximum atomic E-state index is 13.2. The van der Waals surface area contributed by atoms with Crippen molar-refractivity contribution >= 4 is 0 Å². The lowest BCUT2D eigenvalue weighted by Crippen LogP contribution is -2.22. The van der Waals surface area contributed by atoms with Crippen LogP contribution in [0.15, 0.2) is 42.7 Å². The molecule has 0 spiro atoms. The van der Waals surface area contributed by atoms with Crippen LogP contribution in [0.3, 0.4) is 0 Å². The number of hydrogen-bond donors (Lipinski definition) is 1. The molecule has 1 aromatic heterocycles. The summed E-state index contributed by atoms with van der Waals surface area (Å²) in [6, 6.07) is 7.81. The second kappa shape index (κ2) is 5.89. The average Bonchev–Trinajstić information content (AvgIpc) is 2.42. The molecule has 0 aliphatic heterocycles. The zero-order chi connectivity index (χ0) is 13.8. The maximum Gasteiger partial charge on any atom is 0.159 e. The normalized spacial score (nSPS) is 14.1. The number of hydrogen-bond acceptors (Lipinski definition) is 2. The van der Waals surface area contributed by atoms with Gasteiger partial charge in [0.05, 0.1) is 0 Å². The second-order valence-electron chi connectivity index (χ2n) is 4.57. The molecule has 2 nitrogen and oxygen atoms in total. The van der Waals surface area contributed by atoms with Crippen LogP contribution in [0, 0.1) is 11.6 Å². The Bertz CT molecular complexity index is 543. The number of pyridine rings is 1. The fourth-order valence-electron chi connectivity index (χ4n) is 1.98. The highest BCUT2D eigenvalue weighted by atomic mass is 19.2. The standard InChI is InChI=1S/C15H16F2N2/c1-10(12-5-6-14(16)15(17)8-12)19-11(2)13-4-3-7-18-9-13/h3-11,19H,1-2H3/t10?,11-/m0/s1. The van der Waals surface area contributed by atoms with Crippen LogP contribution in [0.2, 0.25) is 0 Å². The number of benzene rings is 1. The Balaban J connectivity index is 2.08. The highest BCUT2D eigenvalue weighted by molar-refractivity contribution is 5.22. The van der Waals surface area contributed by atoms with Crippen LogP contribution in [-0.4, -0.2) is 4.98 Å². The van der Waals surface area contributed by atoms with Crippen LogP contribution >= 0.6 is 0 Å². The summed E-state index contributed by atoms with van der Waals surface area (Å²) in [5, 5.41) is 3.33. The summed E-state index contributed by atoms with van der Waals surface area (Å²) in [5.74, 6) is -1.64. The summed E-state index contributed by atoms with van der Waals surface area (Å²) in [7, 11) is 0. The quantitative estimate of drug-likeness (QED) is 0.907. The van der Waals surface area contributed by atoms with E-state index >= 15 is 0 Å². The van der Waals surface area contributed by atoms with Crippen molar-refractivity contribution in [1.29, 1.82) is 0 Å². The summed E-state index contributed by atoms with van der Waals surface area (Å²) in [6.07, 6.45) is 3.50. The first-order valence-corrected chi connectivity index (χ1v) is 6.19. The Kier molecular flexibility index (Phi) is 4.22. The maximum absolute atomic E-state index is 13.2. The Morgan fingerprint density at radius 1 is 1.00 bits per heavy atom. The predicted octanol–water partition coefficient (Wildman–Crippen LogP) is 3.77. The molecule has 19 heavy (non-hydrogen) atoms. The van der Waals surface area contributed by atoms with Crippen molar-refractivity contribution < 1.29 is 8.78 Å². The molecule has 0 saturated carbocycles. The molecule has 1 N–H and O–H groups in total. The number of halogens is 2. The molecule has 0 amide bonds. The molecular weight excluding hydrogens is 246 g/mol. The highest BCUT2D eigenvalue weighted by Crippen LogP contribution is 2.20. The zero-order valence-corrected chi connectivity index (χ0v) is 10.9. The molecular formula is C15H16F2N2. The third kappa shape index (κ3) is 3.35. The van der Waals surface area contributed by atoms with Gasteiger partial charge in [0, 0.05) is 24.5 Å². The molecule has 0 aliphatic rings. The molecule has 0 radical (unpaired) electrons. The minimum atomic E-state index is -0.823. The van der Waals surface area contributed by atoms with Crippen molar-refractivity contribution in [3.05, 3.63) is 65.5 Å². The SMILES string of the molecule is CC(N[C@@H](C)c1cccnc1)c1ccc(F)c(F)c1.